The maximum absolute atomic E-state index is 14.5. The van der Waals surface area contributed by atoms with Crippen molar-refractivity contribution in [3.8, 4) is 39.6 Å². The van der Waals surface area contributed by atoms with Crippen LogP contribution < -0.4 is 0 Å². The van der Waals surface area contributed by atoms with Crippen molar-refractivity contribution in [3.05, 3.63) is 90.4 Å². The summed E-state index contributed by atoms with van der Waals surface area (Å²) in [5, 5.41) is 17.4. The first-order valence-corrected chi connectivity index (χ1v) is 8.39. The lowest BCUT2D eigenvalue weighted by molar-refractivity contribution is 0.616. The standard InChI is InChI=1S/C22H12F2N4/c23-19-5-4-15(10-18(19)22-16(12-25)2-1-3-20(22)24)17-11-21(28-27-13-17)14-6-8-26-9-7-14/h1-11,13H. The van der Waals surface area contributed by atoms with E-state index in [9.17, 15) is 14.0 Å². The van der Waals surface area contributed by atoms with Gasteiger partial charge < -0.3 is 0 Å². The molecule has 0 amide bonds. The van der Waals surface area contributed by atoms with Crippen LogP contribution in [0.1, 0.15) is 5.56 Å². The number of rotatable bonds is 3. The molecule has 4 rings (SSSR count). The van der Waals surface area contributed by atoms with Gasteiger partial charge in [-0.05, 0) is 48.0 Å². The number of halogens is 2. The molecule has 0 fully saturated rings. The number of hydrogen-bond donors (Lipinski definition) is 0. The van der Waals surface area contributed by atoms with Crippen LogP contribution in [0, 0.1) is 23.0 Å². The van der Waals surface area contributed by atoms with Crippen LogP contribution in [-0.4, -0.2) is 15.2 Å². The topological polar surface area (TPSA) is 62.5 Å². The van der Waals surface area contributed by atoms with Crippen LogP contribution in [-0.2, 0) is 0 Å². The van der Waals surface area contributed by atoms with Crippen molar-refractivity contribution in [2.45, 2.75) is 0 Å². The lowest BCUT2D eigenvalue weighted by Crippen LogP contribution is -1.95. The van der Waals surface area contributed by atoms with Gasteiger partial charge in [0.1, 0.15) is 11.6 Å². The molecule has 0 aliphatic carbocycles. The molecule has 0 atom stereocenters. The Kier molecular flexibility index (Phi) is 4.56. The summed E-state index contributed by atoms with van der Waals surface area (Å²) in [4.78, 5) is 3.98. The second-order valence-corrected chi connectivity index (χ2v) is 6.03. The van der Waals surface area contributed by atoms with E-state index in [1.165, 1.54) is 30.3 Å². The van der Waals surface area contributed by atoms with Gasteiger partial charge in [0.05, 0.1) is 23.5 Å². The van der Waals surface area contributed by atoms with E-state index >= 15 is 0 Å². The molecule has 0 bridgehead atoms. The summed E-state index contributed by atoms with van der Waals surface area (Å²) in [7, 11) is 0. The van der Waals surface area contributed by atoms with E-state index < -0.39 is 11.6 Å². The minimum Gasteiger partial charge on any atom is -0.265 e. The highest BCUT2D eigenvalue weighted by Crippen LogP contribution is 2.33. The highest BCUT2D eigenvalue weighted by atomic mass is 19.1. The molecule has 0 saturated carbocycles. The predicted octanol–water partition coefficient (Wildman–Crippen LogP) is 5.02. The molecule has 4 nitrogen and oxygen atoms in total. The van der Waals surface area contributed by atoms with Crippen molar-refractivity contribution in [2.24, 2.45) is 0 Å². The van der Waals surface area contributed by atoms with Gasteiger partial charge in [-0.25, -0.2) is 8.78 Å². The Morgan fingerprint density at radius 3 is 2.43 bits per heavy atom. The number of aromatic nitrogens is 3. The summed E-state index contributed by atoms with van der Waals surface area (Å²) in [5.41, 5.74) is 2.84. The van der Waals surface area contributed by atoms with Gasteiger partial charge in [0, 0.05) is 34.6 Å². The molecule has 0 aliphatic rings. The molecule has 2 heterocycles. The SMILES string of the molecule is N#Cc1cccc(F)c1-c1cc(-c2cnnc(-c3ccncc3)c2)ccc1F. The number of nitrogens with zero attached hydrogens (tertiary/aromatic N) is 4. The molecular formula is C22H12F2N4. The van der Waals surface area contributed by atoms with E-state index in [0.29, 0.717) is 16.8 Å². The zero-order chi connectivity index (χ0) is 19.5. The van der Waals surface area contributed by atoms with Gasteiger partial charge in [0.2, 0.25) is 0 Å². The molecular weight excluding hydrogens is 358 g/mol. The summed E-state index contributed by atoms with van der Waals surface area (Å²) in [6.45, 7) is 0. The Morgan fingerprint density at radius 1 is 0.821 bits per heavy atom. The van der Waals surface area contributed by atoms with E-state index in [1.54, 1.807) is 24.7 Å². The largest absolute Gasteiger partial charge is 0.265 e. The summed E-state index contributed by atoms with van der Waals surface area (Å²) < 4.78 is 28.9. The number of benzene rings is 2. The zero-order valence-corrected chi connectivity index (χ0v) is 14.5. The summed E-state index contributed by atoms with van der Waals surface area (Å²) in [5.74, 6) is -1.26. The molecule has 6 heteroatoms. The van der Waals surface area contributed by atoms with Gasteiger partial charge in [0.25, 0.3) is 0 Å². The van der Waals surface area contributed by atoms with Gasteiger partial charge in [-0.3, -0.25) is 4.98 Å². The first kappa shape index (κ1) is 17.4. The van der Waals surface area contributed by atoms with Crippen LogP contribution in [0.3, 0.4) is 0 Å². The van der Waals surface area contributed by atoms with Crippen molar-refractivity contribution < 1.29 is 8.78 Å². The van der Waals surface area contributed by atoms with Gasteiger partial charge in [-0.2, -0.15) is 15.5 Å². The molecule has 2 aromatic heterocycles. The van der Waals surface area contributed by atoms with E-state index in [0.717, 1.165) is 5.56 Å². The zero-order valence-electron chi connectivity index (χ0n) is 14.5. The van der Waals surface area contributed by atoms with Crippen molar-refractivity contribution in [1.29, 1.82) is 5.26 Å². The van der Waals surface area contributed by atoms with Gasteiger partial charge >= 0.3 is 0 Å². The summed E-state index contributed by atoms with van der Waals surface area (Å²) in [6.07, 6.45) is 4.86. The normalized spacial score (nSPS) is 10.5. The Labute approximate surface area is 159 Å². The lowest BCUT2D eigenvalue weighted by Gasteiger charge is -2.10. The first-order chi connectivity index (χ1) is 13.7. The smallest absolute Gasteiger partial charge is 0.132 e. The van der Waals surface area contributed by atoms with Crippen LogP contribution >= 0.6 is 0 Å². The Bertz CT molecular complexity index is 1200. The predicted molar refractivity (Wildman–Crippen MR) is 101 cm³/mol. The third-order valence-corrected chi connectivity index (χ3v) is 4.33. The third-order valence-electron chi connectivity index (χ3n) is 4.33. The average Bonchev–Trinajstić information content (AvgIpc) is 2.75. The highest BCUT2D eigenvalue weighted by Gasteiger charge is 2.16. The molecule has 4 aromatic rings. The Hall–Kier alpha value is -3.98. The molecule has 0 unspecified atom stereocenters. The maximum Gasteiger partial charge on any atom is 0.132 e. The molecule has 0 spiro atoms. The van der Waals surface area contributed by atoms with E-state index in [-0.39, 0.29) is 16.7 Å². The minimum absolute atomic E-state index is 0.0226. The van der Waals surface area contributed by atoms with Crippen molar-refractivity contribution >= 4 is 0 Å². The van der Waals surface area contributed by atoms with E-state index in [4.69, 9.17) is 0 Å². The number of pyridine rings is 1. The van der Waals surface area contributed by atoms with Gasteiger partial charge in [-0.15, -0.1) is 0 Å². The molecule has 2 aromatic carbocycles. The van der Waals surface area contributed by atoms with Gasteiger partial charge in [0.15, 0.2) is 0 Å². The lowest BCUT2D eigenvalue weighted by atomic mass is 9.95. The van der Waals surface area contributed by atoms with Crippen LogP contribution in [0.15, 0.2) is 73.2 Å². The first-order valence-electron chi connectivity index (χ1n) is 8.39. The molecule has 0 aliphatic heterocycles. The van der Waals surface area contributed by atoms with E-state index in [1.807, 2.05) is 24.3 Å². The number of nitriles is 1. The number of hydrogen-bond acceptors (Lipinski definition) is 4. The third kappa shape index (κ3) is 3.21. The summed E-state index contributed by atoms with van der Waals surface area (Å²) >= 11 is 0. The summed E-state index contributed by atoms with van der Waals surface area (Å²) in [6, 6.07) is 15.8. The van der Waals surface area contributed by atoms with Crippen LogP contribution in [0.5, 0.6) is 0 Å². The molecule has 0 N–H and O–H groups in total. The van der Waals surface area contributed by atoms with Crippen LogP contribution in [0.2, 0.25) is 0 Å². The Morgan fingerprint density at radius 2 is 1.64 bits per heavy atom. The molecule has 134 valence electrons. The van der Waals surface area contributed by atoms with E-state index in [2.05, 4.69) is 15.2 Å². The Balaban J connectivity index is 1.85. The van der Waals surface area contributed by atoms with Crippen molar-refractivity contribution in [2.75, 3.05) is 0 Å². The molecule has 0 saturated heterocycles. The maximum atomic E-state index is 14.5. The molecule has 28 heavy (non-hydrogen) atoms. The van der Waals surface area contributed by atoms with Crippen molar-refractivity contribution in [1.82, 2.24) is 15.2 Å². The second-order valence-electron chi connectivity index (χ2n) is 6.03. The highest BCUT2D eigenvalue weighted by molar-refractivity contribution is 5.78. The second kappa shape index (κ2) is 7.33. The van der Waals surface area contributed by atoms with Crippen LogP contribution in [0.25, 0.3) is 33.5 Å². The fraction of sp³-hybridized carbons (Fsp3) is 0. The minimum atomic E-state index is -0.652. The van der Waals surface area contributed by atoms with Crippen molar-refractivity contribution in [3.63, 3.8) is 0 Å². The quantitative estimate of drug-likeness (QED) is 0.508. The van der Waals surface area contributed by atoms with Gasteiger partial charge in [-0.1, -0.05) is 12.1 Å². The fourth-order valence-corrected chi connectivity index (χ4v) is 2.98. The van der Waals surface area contributed by atoms with Crippen LogP contribution in [0.4, 0.5) is 8.78 Å². The average molecular weight is 370 g/mol. The fourth-order valence-electron chi connectivity index (χ4n) is 2.98. The monoisotopic (exact) mass is 370 g/mol. The molecule has 0 radical (unpaired) electrons.